The van der Waals surface area contributed by atoms with Gasteiger partial charge in [-0.2, -0.15) is 0 Å². The summed E-state index contributed by atoms with van der Waals surface area (Å²) >= 11 is 0. The van der Waals surface area contributed by atoms with Gasteiger partial charge < -0.3 is 5.32 Å². The molecule has 2 atom stereocenters. The molecule has 0 saturated heterocycles. The predicted octanol–water partition coefficient (Wildman–Crippen LogP) is 4.04. The molecule has 1 N–H and O–H groups in total. The van der Waals surface area contributed by atoms with Gasteiger partial charge in [-0.15, -0.1) is 0 Å². The Bertz CT molecular complexity index is 387. The highest BCUT2D eigenvalue weighted by Crippen LogP contribution is 2.61. The topological polar surface area (TPSA) is 12.0 Å². The van der Waals surface area contributed by atoms with Gasteiger partial charge in [0.05, 0.1) is 0 Å². The van der Waals surface area contributed by atoms with Crippen LogP contribution in [0.25, 0.3) is 0 Å². The van der Waals surface area contributed by atoms with Gasteiger partial charge in [-0.05, 0) is 67.9 Å². The molecule has 2 unspecified atom stereocenters. The first-order valence-corrected chi connectivity index (χ1v) is 8.06. The number of rotatable bonds is 7. The highest BCUT2D eigenvalue weighted by molar-refractivity contribution is 5.14. The molecule has 0 radical (unpaired) electrons. The third-order valence-electron chi connectivity index (χ3n) is 5.22. The third-order valence-corrected chi connectivity index (χ3v) is 5.22. The van der Waals surface area contributed by atoms with Crippen molar-refractivity contribution in [2.75, 3.05) is 13.1 Å². The van der Waals surface area contributed by atoms with Crippen molar-refractivity contribution in [2.45, 2.75) is 45.4 Å². The van der Waals surface area contributed by atoms with E-state index >= 15 is 0 Å². The zero-order valence-electron chi connectivity index (χ0n) is 12.2. The van der Waals surface area contributed by atoms with Crippen molar-refractivity contribution >= 4 is 0 Å². The number of aryl methyl sites for hydroxylation is 1. The molecule has 0 amide bonds. The first-order chi connectivity index (χ1) is 9.31. The number of hydrogen-bond donors (Lipinski definition) is 1. The maximum Gasteiger partial charge on any atom is 0.000790 e. The van der Waals surface area contributed by atoms with Crippen LogP contribution in [0.5, 0.6) is 0 Å². The molecule has 0 spiro atoms. The summed E-state index contributed by atoms with van der Waals surface area (Å²) in [6.07, 6.45) is 8.56. The maximum absolute atomic E-state index is 3.62. The predicted molar refractivity (Wildman–Crippen MR) is 81.2 cm³/mol. The molecule has 104 valence electrons. The number of nitrogens with one attached hydrogen (secondary N) is 1. The number of benzene rings is 1. The lowest BCUT2D eigenvalue weighted by molar-refractivity contribution is 0.226. The van der Waals surface area contributed by atoms with Crippen LogP contribution < -0.4 is 5.32 Å². The average Bonchev–Trinajstić information content (AvgIpc) is 3.06. The molecule has 19 heavy (non-hydrogen) atoms. The van der Waals surface area contributed by atoms with Crippen LogP contribution in [0.3, 0.4) is 0 Å². The molecule has 1 nitrogen and oxygen atoms in total. The van der Waals surface area contributed by atoms with Crippen LogP contribution in [0.15, 0.2) is 30.3 Å². The third kappa shape index (κ3) is 3.20. The fraction of sp³-hybridized carbons (Fsp3) is 0.667. The van der Waals surface area contributed by atoms with Gasteiger partial charge in [0, 0.05) is 6.54 Å². The minimum absolute atomic E-state index is 0.637. The van der Waals surface area contributed by atoms with Crippen LogP contribution in [0, 0.1) is 17.3 Å². The van der Waals surface area contributed by atoms with Crippen molar-refractivity contribution in [1.82, 2.24) is 5.32 Å². The first-order valence-electron chi connectivity index (χ1n) is 8.06. The normalized spacial score (nSPS) is 32.3. The second-order valence-electron chi connectivity index (χ2n) is 6.78. The van der Waals surface area contributed by atoms with Gasteiger partial charge in [0.25, 0.3) is 0 Å². The highest BCUT2D eigenvalue weighted by atomic mass is 14.9. The largest absolute Gasteiger partial charge is 0.316 e. The van der Waals surface area contributed by atoms with Crippen LogP contribution in [-0.2, 0) is 6.42 Å². The minimum Gasteiger partial charge on any atom is -0.316 e. The summed E-state index contributed by atoms with van der Waals surface area (Å²) in [5.41, 5.74) is 2.14. The van der Waals surface area contributed by atoms with E-state index in [1.165, 1.54) is 50.6 Å². The molecule has 2 aliphatic carbocycles. The molecule has 0 aliphatic heterocycles. The van der Waals surface area contributed by atoms with Crippen molar-refractivity contribution in [3.63, 3.8) is 0 Å². The van der Waals surface area contributed by atoms with Crippen LogP contribution in [-0.4, -0.2) is 13.1 Å². The fourth-order valence-corrected chi connectivity index (χ4v) is 4.15. The maximum atomic E-state index is 3.62. The van der Waals surface area contributed by atoms with E-state index < -0.39 is 0 Å². The fourth-order valence-electron chi connectivity index (χ4n) is 4.15. The molecule has 2 fully saturated rings. The quantitative estimate of drug-likeness (QED) is 0.777. The van der Waals surface area contributed by atoms with E-state index in [1.54, 1.807) is 0 Å². The monoisotopic (exact) mass is 257 g/mol. The molecular formula is C18H27N. The van der Waals surface area contributed by atoms with Gasteiger partial charge in [0.2, 0.25) is 0 Å². The zero-order chi connectivity index (χ0) is 13.1. The minimum atomic E-state index is 0.637. The Balaban J connectivity index is 1.51. The Morgan fingerprint density at radius 3 is 2.58 bits per heavy atom. The molecule has 0 bridgehead atoms. The molecule has 0 heterocycles. The van der Waals surface area contributed by atoms with Crippen LogP contribution in [0.1, 0.15) is 44.6 Å². The number of hydrogen-bond acceptors (Lipinski definition) is 1. The van der Waals surface area contributed by atoms with E-state index in [1.807, 2.05) is 0 Å². The summed E-state index contributed by atoms with van der Waals surface area (Å²) in [5.74, 6) is 2.19. The summed E-state index contributed by atoms with van der Waals surface area (Å²) in [5, 5.41) is 3.62. The van der Waals surface area contributed by atoms with Crippen molar-refractivity contribution in [2.24, 2.45) is 17.3 Å². The lowest BCUT2D eigenvalue weighted by Crippen LogP contribution is -2.33. The van der Waals surface area contributed by atoms with Crippen LogP contribution in [0.4, 0.5) is 0 Å². The van der Waals surface area contributed by atoms with Gasteiger partial charge in [0.15, 0.2) is 0 Å². The van der Waals surface area contributed by atoms with Crippen LogP contribution >= 0.6 is 0 Å². The first kappa shape index (κ1) is 13.2. The smallest absolute Gasteiger partial charge is 0.000790 e. The zero-order valence-corrected chi connectivity index (χ0v) is 12.2. The molecule has 1 aromatic rings. The van der Waals surface area contributed by atoms with Gasteiger partial charge in [-0.3, -0.25) is 0 Å². The van der Waals surface area contributed by atoms with Crippen molar-refractivity contribution in [3.8, 4) is 0 Å². The van der Waals surface area contributed by atoms with Gasteiger partial charge in [0.1, 0.15) is 0 Å². The SMILES string of the molecule is CCNCC1(CCCc2ccccc2)CC2CC2C1. The summed E-state index contributed by atoms with van der Waals surface area (Å²) in [6.45, 7) is 4.61. The lowest BCUT2D eigenvalue weighted by atomic mass is 9.78. The van der Waals surface area contributed by atoms with Crippen molar-refractivity contribution in [3.05, 3.63) is 35.9 Å². The molecule has 2 aliphatic rings. The Morgan fingerprint density at radius 2 is 1.89 bits per heavy atom. The molecule has 0 aromatic heterocycles. The molecule has 2 saturated carbocycles. The Hall–Kier alpha value is -0.820. The van der Waals surface area contributed by atoms with Gasteiger partial charge in [-0.1, -0.05) is 37.3 Å². The molecule has 3 rings (SSSR count). The average molecular weight is 257 g/mol. The van der Waals surface area contributed by atoms with Gasteiger partial charge in [-0.25, -0.2) is 0 Å². The highest BCUT2D eigenvalue weighted by Gasteiger charge is 2.52. The standard InChI is InChI=1S/C18H27N/c1-2-19-14-18(12-16-11-17(16)13-18)10-6-9-15-7-4-3-5-8-15/h3-5,7-8,16-17,19H,2,6,9-14H2,1H3. The van der Waals surface area contributed by atoms with E-state index in [9.17, 15) is 0 Å². The van der Waals surface area contributed by atoms with E-state index in [-0.39, 0.29) is 0 Å². The molecule has 1 aromatic carbocycles. The summed E-state index contributed by atoms with van der Waals surface area (Å²) in [4.78, 5) is 0. The van der Waals surface area contributed by atoms with E-state index in [4.69, 9.17) is 0 Å². The number of fused-ring (bicyclic) bond motifs is 1. The Morgan fingerprint density at radius 1 is 1.16 bits per heavy atom. The molecule has 1 heteroatoms. The second-order valence-corrected chi connectivity index (χ2v) is 6.78. The van der Waals surface area contributed by atoms with Crippen LogP contribution in [0.2, 0.25) is 0 Å². The summed E-state index contributed by atoms with van der Waals surface area (Å²) in [6, 6.07) is 11.0. The second kappa shape index (κ2) is 5.66. The van der Waals surface area contributed by atoms with Crippen molar-refractivity contribution < 1.29 is 0 Å². The van der Waals surface area contributed by atoms with E-state index in [0.29, 0.717) is 5.41 Å². The lowest BCUT2D eigenvalue weighted by Gasteiger charge is -2.31. The van der Waals surface area contributed by atoms with Gasteiger partial charge >= 0.3 is 0 Å². The molecular weight excluding hydrogens is 230 g/mol. The van der Waals surface area contributed by atoms with E-state index in [0.717, 1.165) is 18.4 Å². The Kier molecular flexibility index (Phi) is 3.93. The van der Waals surface area contributed by atoms with Crippen molar-refractivity contribution in [1.29, 1.82) is 0 Å². The summed E-state index contributed by atoms with van der Waals surface area (Å²) in [7, 11) is 0. The van der Waals surface area contributed by atoms with E-state index in [2.05, 4.69) is 42.6 Å². The Labute approximate surface area is 117 Å². The summed E-state index contributed by atoms with van der Waals surface area (Å²) < 4.78 is 0.